The Morgan fingerprint density at radius 1 is 1.00 bits per heavy atom. The number of carbonyl (C=O) groups excluding carboxylic acids is 2. The minimum Gasteiger partial charge on any atom is -0.496 e. The van der Waals surface area contributed by atoms with Crippen LogP contribution in [-0.4, -0.2) is 26.0 Å². The van der Waals surface area contributed by atoms with Gasteiger partial charge in [-0.05, 0) is 29.8 Å². The fraction of sp³-hybridized carbons (Fsp3) is 0.222. The average molecular weight is 328 g/mol. The largest absolute Gasteiger partial charge is 0.496 e. The zero-order chi connectivity index (χ0) is 17.5. The lowest BCUT2D eigenvalue weighted by molar-refractivity contribution is -0.114. The molecule has 6 heteroatoms. The molecular weight excluding hydrogens is 308 g/mol. The highest BCUT2D eigenvalue weighted by Crippen LogP contribution is 2.25. The Labute approximate surface area is 140 Å². The van der Waals surface area contributed by atoms with E-state index in [2.05, 4.69) is 10.6 Å². The van der Waals surface area contributed by atoms with E-state index < -0.39 is 0 Å². The maximum absolute atomic E-state index is 12.3. The van der Waals surface area contributed by atoms with E-state index in [-0.39, 0.29) is 11.8 Å². The first kappa shape index (κ1) is 17.3. The van der Waals surface area contributed by atoms with Crippen LogP contribution in [0.3, 0.4) is 0 Å². The van der Waals surface area contributed by atoms with Crippen molar-refractivity contribution in [3.05, 3.63) is 53.6 Å². The normalized spacial score (nSPS) is 9.96. The molecule has 2 aromatic carbocycles. The van der Waals surface area contributed by atoms with Crippen LogP contribution in [0.5, 0.6) is 11.5 Å². The molecule has 0 radical (unpaired) electrons. The third kappa shape index (κ3) is 4.25. The number of para-hydroxylation sites is 1. The maximum Gasteiger partial charge on any atom is 0.255 e. The molecule has 2 N–H and O–H groups in total. The molecule has 2 aromatic rings. The zero-order valence-electron chi connectivity index (χ0n) is 13.9. The van der Waals surface area contributed by atoms with Crippen molar-refractivity contribution in [2.75, 3.05) is 19.5 Å². The Morgan fingerprint density at radius 3 is 2.38 bits per heavy atom. The zero-order valence-corrected chi connectivity index (χ0v) is 13.9. The van der Waals surface area contributed by atoms with Crippen molar-refractivity contribution in [2.45, 2.75) is 13.5 Å². The van der Waals surface area contributed by atoms with Gasteiger partial charge >= 0.3 is 0 Å². The third-order valence-corrected chi connectivity index (χ3v) is 3.38. The van der Waals surface area contributed by atoms with Gasteiger partial charge in [-0.15, -0.1) is 0 Å². The highest BCUT2D eigenvalue weighted by molar-refractivity contribution is 5.97. The molecule has 0 atom stereocenters. The molecule has 0 bridgehead atoms. The number of hydrogen-bond donors (Lipinski definition) is 2. The summed E-state index contributed by atoms with van der Waals surface area (Å²) in [4.78, 5) is 23.6. The Kier molecular flexibility index (Phi) is 5.78. The first-order valence-electron chi connectivity index (χ1n) is 7.41. The quantitative estimate of drug-likeness (QED) is 0.854. The van der Waals surface area contributed by atoms with Crippen LogP contribution in [0, 0.1) is 0 Å². The molecule has 0 saturated heterocycles. The van der Waals surface area contributed by atoms with E-state index in [0.717, 1.165) is 5.56 Å². The number of ether oxygens (including phenoxy) is 2. The van der Waals surface area contributed by atoms with E-state index >= 15 is 0 Å². The molecule has 0 aromatic heterocycles. The molecule has 0 spiro atoms. The predicted molar refractivity (Wildman–Crippen MR) is 91.5 cm³/mol. The molecule has 0 unspecified atom stereocenters. The standard InChI is InChI=1S/C18H20N2O4/c1-12(21)20-15-10-13(8-9-17(15)24-3)11-19-18(22)14-6-4-5-7-16(14)23-2/h4-10H,11H2,1-3H3,(H,19,22)(H,20,21). The average Bonchev–Trinajstić information content (AvgIpc) is 2.59. The van der Waals surface area contributed by atoms with Crippen LogP contribution < -0.4 is 20.1 Å². The van der Waals surface area contributed by atoms with E-state index in [9.17, 15) is 9.59 Å². The second-order valence-corrected chi connectivity index (χ2v) is 5.10. The van der Waals surface area contributed by atoms with Crippen molar-refractivity contribution in [2.24, 2.45) is 0 Å². The minimum atomic E-state index is -0.232. The molecule has 0 aliphatic rings. The predicted octanol–water partition coefficient (Wildman–Crippen LogP) is 2.59. The summed E-state index contributed by atoms with van der Waals surface area (Å²) < 4.78 is 10.4. The van der Waals surface area contributed by atoms with Crippen LogP contribution in [0.2, 0.25) is 0 Å². The van der Waals surface area contributed by atoms with Crippen molar-refractivity contribution in [1.29, 1.82) is 0 Å². The summed E-state index contributed by atoms with van der Waals surface area (Å²) in [6.07, 6.45) is 0. The van der Waals surface area contributed by atoms with Gasteiger partial charge in [0.05, 0.1) is 25.5 Å². The summed E-state index contributed by atoms with van der Waals surface area (Å²) in [6, 6.07) is 12.4. The Balaban J connectivity index is 2.11. The van der Waals surface area contributed by atoms with Gasteiger partial charge in [0.1, 0.15) is 11.5 Å². The van der Waals surface area contributed by atoms with E-state index in [1.807, 2.05) is 6.07 Å². The number of benzene rings is 2. The summed E-state index contributed by atoms with van der Waals surface area (Å²) >= 11 is 0. The number of hydrogen-bond acceptors (Lipinski definition) is 4. The van der Waals surface area contributed by atoms with Crippen molar-refractivity contribution >= 4 is 17.5 Å². The number of rotatable bonds is 6. The first-order valence-corrected chi connectivity index (χ1v) is 7.41. The molecule has 2 rings (SSSR count). The number of methoxy groups -OCH3 is 2. The van der Waals surface area contributed by atoms with Crippen LogP contribution in [0.1, 0.15) is 22.8 Å². The lowest BCUT2D eigenvalue weighted by atomic mass is 10.1. The minimum absolute atomic E-state index is 0.191. The number of amides is 2. The topological polar surface area (TPSA) is 76.7 Å². The van der Waals surface area contributed by atoms with Gasteiger partial charge in [-0.3, -0.25) is 9.59 Å². The van der Waals surface area contributed by atoms with Crippen LogP contribution in [0.4, 0.5) is 5.69 Å². The van der Waals surface area contributed by atoms with Gasteiger partial charge in [-0.2, -0.15) is 0 Å². The van der Waals surface area contributed by atoms with Crippen molar-refractivity contribution in [3.63, 3.8) is 0 Å². The van der Waals surface area contributed by atoms with Crippen LogP contribution in [-0.2, 0) is 11.3 Å². The molecule has 6 nitrogen and oxygen atoms in total. The Hall–Kier alpha value is -3.02. The van der Waals surface area contributed by atoms with Crippen molar-refractivity contribution in [1.82, 2.24) is 5.32 Å². The molecule has 126 valence electrons. The summed E-state index contributed by atoms with van der Waals surface area (Å²) in [5.74, 6) is 0.654. The highest BCUT2D eigenvalue weighted by atomic mass is 16.5. The molecule has 0 heterocycles. The molecule has 0 aliphatic carbocycles. The second kappa shape index (κ2) is 8.01. The Morgan fingerprint density at radius 2 is 1.71 bits per heavy atom. The number of nitrogens with one attached hydrogen (secondary N) is 2. The summed E-state index contributed by atoms with van der Waals surface area (Å²) in [7, 11) is 3.05. The SMILES string of the molecule is COc1ccc(CNC(=O)c2ccccc2OC)cc1NC(C)=O. The van der Waals surface area contributed by atoms with E-state index in [1.54, 1.807) is 36.4 Å². The van der Waals surface area contributed by atoms with E-state index in [0.29, 0.717) is 29.3 Å². The van der Waals surface area contributed by atoms with Gasteiger partial charge in [-0.1, -0.05) is 18.2 Å². The summed E-state index contributed by atoms with van der Waals surface area (Å²) in [5, 5.41) is 5.54. The lowest BCUT2D eigenvalue weighted by Gasteiger charge is -2.12. The first-order chi connectivity index (χ1) is 11.5. The fourth-order valence-electron chi connectivity index (χ4n) is 2.26. The molecular formula is C18H20N2O4. The van der Waals surface area contributed by atoms with Crippen molar-refractivity contribution in [3.8, 4) is 11.5 Å². The third-order valence-electron chi connectivity index (χ3n) is 3.38. The smallest absolute Gasteiger partial charge is 0.255 e. The molecule has 2 amide bonds. The van der Waals surface area contributed by atoms with Gasteiger partial charge in [0, 0.05) is 13.5 Å². The summed E-state index contributed by atoms with van der Waals surface area (Å²) in [5.41, 5.74) is 1.87. The summed E-state index contributed by atoms with van der Waals surface area (Å²) in [6.45, 7) is 1.74. The number of carbonyl (C=O) groups is 2. The second-order valence-electron chi connectivity index (χ2n) is 5.10. The van der Waals surface area contributed by atoms with Crippen molar-refractivity contribution < 1.29 is 19.1 Å². The molecule has 0 fully saturated rings. The van der Waals surface area contributed by atoms with E-state index in [1.165, 1.54) is 21.1 Å². The molecule has 0 aliphatic heterocycles. The van der Waals surface area contributed by atoms with Crippen LogP contribution >= 0.6 is 0 Å². The lowest BCUT2D eigenvalue weighted by Crippen LogP contribution is -2.23. The van der Waals surface area contributed by atoms with Gasteiger partial charge in [-0.25, -0.2) is 0 Å². The van der Waals surface area contributed by atoms with Crippen LogP contribution in [0.15, 0.2) is 42.5 Å². The van der Waals surface area contributed by atoms with Crippen LogP contribution in [0.25, 0.3) is 0 Å². The Bertz CT molecular complexity index is 744. The van der Waals surface area contributed by atoms with E-state index in [4.69, 9.17) is 9.47 Å². The maximum atomic E-state index is 12.3. The highest BCUT2D eigenvalue weighted by Gasteiger charge is 2.12. The van der Waals surface area contributed by atoms with Gasteiger partial charge in [0.15, 0.2) is 0 Å². The van der Waals surface area contributed by atoms with Gasteiger partial charge in [0.2, 0.25) is 5.91 Å². The van der Waals surface area contributed by atoms with Gasteiger partial charge in [0.25, 0.3) is 5.91 Å². The van der Waals surface area contributed by atoms with Gasteiger partial charge < -0.3 is 20.1 Å². The fourth-order valence-corrected chi connectivity index (χ4v) is 2.26. The molecule has 24 heavy (non-hydrogen) atoms. The number of anilines is 1. The molecule has 0 saturated carbocycles. The monoisotopic (exact) mass is 328 g/mol.